The van der Waals surface area contributed by atoms with Crippen LogP contribution in [0.3, 0.4) is 0 Å². The highest BCUT2D eigenvalue weighted by molar-refractivity contribution is 5.95. The number of piperazine rings is 1. The molecular formula is C13H21N3O. The van der Waals surface area contributed by atoms with E-state index in [0.717, 1.165) is 30.2 Å². The average molecular weight is 235 g/mol. The van der Waals surface area contributed by atoms with Crippen LogP contribution in [0, 0.1) is 13.8 Å². The summed E-state index contributed by atoms with van der Waals surface area (Å²) < 4.78 is 0. The van der Waals surface area contributed by atoms with Crippen molar-refractivity contribution in [3.05, 3.63) is 23.5 Å². The van der Waals surface area contributed by atoms with Gasteiger partial charge in [0.2, 0.25) is 5.91 Å². The minimum Gasteiger partial charge on any atom is -0.308 e. The third-order valence-electron chi connectivity index (χ3n) is 2.58. The highest BCUT2D eigenvalue weighted by Crippen LogP contribution is 2.19. The van der Waals surface area contributed by atoms with Crippen LogP contribution in [0.4, 0.5) is 5.69 Å². The van der Waals surface area contributed by atoms with Crippen LogP contribution in [0.15, 0.2) is 12.1 Å². The smallest absolute Gasteiger partial charge is 0.241 e. The molecule has 1 aliphatic heterocycles. The molecule has 0 spiro atoms. The Balaban J connectivity index is 0.000000686. The number of aryl methyl sites for hydroxylation is 2. The lowest BCUT2D eigenvalue weighted by atomic mass is 10.2. The van der Waals surface area contributed by atoms with E-state index in [4.69, 9.17) is 0 Å². The first-order chi connectivity index (χ1) is 8.18. The maximum absolute atomic E-state index is 11.7. The van der Waals surface area contributed by atoms with Gasteiger partial charge in [-0.2, -0.15) is 0 Å². The molecule has 0 radical (unpaired) electrons. The Hall–Kier alpha value is -1.42. The molecule has 1 N–H and O–H groups in total. The van der Waals surface area contributed by atoms with Crippen molar-refractivity contribution in [2.75, 3.05) is 24.5 Å². The van der Waals surface area contributed by atoms with Crippen molar-refractivity contribution in [3.63, 3.8) is 0 Å². The van der Waals surface area contributed by atoms with E-state index in [0.29, 0.717) is 6.54 Å². The minimum absolute atomic E-state index is 0.120. The van der Waals surface area contributed by atoms with Gasteiger partial charge in [0.25, 0.3) is 0 Å². The van der Waals surface area contributed by atoms with Crippen molar-refractivity contribution in [3.8, 4) is 0 Å². The van der Waals surface area contributed by atoms with Gasteiger partial charge in [-0.3, -0.25) is 9.78 Å². The molecule has 1 aromatic heterocycles. The molecule has 0 unspecified atom stereocenters. The second kappa shape index (κ2) is 6.35. The van der Waals surface area contributed by atoms with Crippen molar-refractivity contribution >= 4 is 11.6 Å². The Morgan fingerprint density at radius 2 is 2.00 bits per heavy atom. The first kappa shape index (κ1) is 13.6. The summed E-state index contributed by atoms with van der Waals surface area (Å²) in [6, 6.07) is 3.92. The Morgan fingerprint density at radius 3 is 2.59 bits per heavy atom. The lowest BCUT2D eigenvalue weighted by Crippen LogP contribution is -2.48. The lowest BCUT2D eigenvalue weighted by molar-refractivity contribution is -0.118. The summed E-state index contributed by atoms with van der Waals surface area (Å²) in [5.41, 5.74) is 2.84. The Kier molecular flexibility index (Phi) is 5.10. The fraction of sp³-hybridized carbons (Fsp3) is 0.538. The number of aromatic nitrogens is 1. The van der Waals surface area contributed by atoms with Gasteiger partial charge in [-0.1, -0.05) is 13.8 Å². The van der Waals surface area contributed by atoms with E-state index < -0.39 is 0 Å². The zero-order valence-electron chi connectivity index (χ0n) is 11.1. The van der Waals surface area contributed by atoms with Crippen LogP contribution in [0.2, 0.25) is 0 Å². The SMILES string of the molecule is CC.Cc1ccc(N2CCNCC2=O)c(C)n1. The number of nitrogens with zero attached hydrogens (tertiary/aromatic N) is 2. The molecular weight excluding hydrogens is 214 g/mol. The number of rotatable bonds is 1. The summed E-state index contributed by atoms with van der Waals surface area (Å²) in [5, 5.41) is 3.05. The number of amides is 1. The van der Waals surface area contributed by atoms with Crippen LogP contribution in [0.25, 0.3) is 0 Å². The van der Waals surface area contributed by atoms with Crippen LogP contribution in [-0.4, -0.2) is 30.5 Å². The first-order valence-corrected chi connectivity index (χ1v) is 6.14. The number of carbonyl (C=O) groups is 1. The molecule has 1 fully saturated rings. The van der Waals surface area contributed by atoms with Crippen LogP contribution in [0.1, 0.15) is 25.2 Å². The fourth-order valence-electron chi connectivity index (χ4n) is 1.83. The van der Waals surface area contributed by atoms with E-state index in [9.17, 15) is 4.79 Å². The first-order valence-electron chi connectivity index (χ1n) is 6.14. The van der Waals surface area contributed by atoms with Crippen molar-refractivity contribution in [2.45, 2.75) is 27.7 Å². The van der Waals surface area contributed by atoms with E-state index in [1.807, 2.05) is 39.8 Å². The van der Waals surface area contributed by atoms with Gasteiger partial charge in [-0.15, -0.1) is 0 Å². The van der Waals surface area contributed by atoms with Crippen LogP contribution < -0.4 is 10.2 Å². The molecule has 94 valence electrons. The van der Waals surface area contributed by atoms with Crippen molar-refractivity contribution in [2.24, 2.45) is 0 Å². The summed E-state index contributed by atoms with van der Waals surface area (Å²) in [4.78, 5) is 17.8. The van der Waals surface area contributed by atoms with Gasteiger partial charge in [-0.05, 0) is 26.0 Å². The van der Waals surface area contributed by atoms with E-state index in [1.165, 1.54) is 0 Å². The zero-order chi connectivity index (χ0) is 12.8. The summed E-state index contributed by atoms with van der Waals surface area (Å²) in [5.74, 6) is 0.120. The van der Waals surface area contributed by atoms with E-state index in [2.05, 4.69) is 10.3 Å². The fourth-order valence-corrected chi connectivity index (χ4v) is 1.83. The molecule has 1 amide bonds. The number of anilines is 1. The average Bonchev–Trinajstić information content (AvgIpc) is 2.33. The molecule has 2 rings (SSSR count). The molecule has 2 heterocycles. The molecule has 0 bridgehead atoms. The van der Waals surface area contributed by atoms with Crippen LogP contribution in [-0.2, 0) is 4.79 Å². The predicted molar refractivity (Wildman–Crippen MR) is 70.3 cm³/mol. The second-order valence-electron chi connectivity index (χ2n) is 3.78. The molecule has 0 aliphatic carbocycles. The quantitative estimate of drug-likeness (QED) is 0.805. The van der Waals surface area contributed by atoms with Gasteiger partial charge in [0, 0.05) is 18.8 Å². The highest BCUT2D eigenvalue weighted by Gasteiger charge is 2.20. The summed E-state index contributed by atoms with van der Waals surface area (Å²) in [6.07, 6.45) is 0. The summed E-state index contributed by atoms with van der Waals surface area (Å²) in [6.45, 7) is 9.89. The Labute approximate surface area is 103 Å². The van der Waals surface area contributed by atoms with Gasteiger partial charge < -0.3 is 10.2 Å². The van der Waals surface area contributed by atoms with Crippen LogP contribution in [0.5, 0.6) is 0 Å². The monoisotopic (exact) mass is 235 g/mol. The molecule has 1 aliphatic rings. The number of carbonyl (C=O) groups excluding carboxylic acids is 1. The maximum Gasteiger partial charge on any atom is 0.241 e. The largest absolute Gasteiger partial charge is 0.308 e. The molecule has 4 nitrogen and oxygen atoms in total. The topological polar surface area (TPSA) is 45.2 Å². The molecule has 4 heteroatoms. The molecule has 1 aromatic rings. The van der Waals surface area contributed by atoms with E-state index in [1.54, 1.807) is 4.90 Å². The number of pyridine rings is 1. The molecule has 0 aromatic carbocycles. The van der Waals surface area contributed by atoms with Gasteiger partial charge in [0.1, 0.15) is 0 Å². The molecule has 0 saturated carbocycles. The van der Waals surface area contributed by atoms with E-state index >= 15 is 0 Å². The molecule has 17 heavy (non-hydrogen) atoms. The predicted octanol–water partition coefficient (Wildman–Crippen LogP) is 1.66. The van der Waals surface area contributed by atoms with Crippen LogP contribution >= 0.6 is 0 Å². The van der Waals surface area contributed by atoms with Crippen molar-refractivity contribution in [1.29, 1.82) is 0 Å². The van der Waals surface area contributed by atoms with Gasteiger partial charge in [-0.25, -0.2) is 0 Å². The standard InChI is InChI=1S/C11H15N3O.C2H6/c1-8-3-4-10(9(2)13-8)14-6-5-12-7-11(14)15;1-2/h3-4,12H,5-7H2,1-2H3;1-2H3. The zero-order valence-corrected chi connectivity index (χ0v) is 11.1. The van der Waals surface area contributed by atoms with Gasteiger partial charge in [0.05, 0.1) is 17.9 Å². The highest BCUT2D eigenvalue weighted by atomic mass is 16.2. The summed E-state index contributed by atoms with van der Waals surface area (Å²) >= 11 is 0. The number of nitrogens with one attached hydrogen (secondary N) is 1. The second-order valence-corrected chi connectivity index (χ2v) is 3.78. The molecule has 0 atom stereocenters. The van der Waals surface area contributed by atoms with E-state index in [-0.39, 0.29) is 5.91 Å². The van der Waals surface area contributed by atoms with Gasteiger partial charge >= 0.3 is 0 Å². The molecule has 1 saturated heterocycles. The number of hydrogen-bond acceptors (Lipinski definition) is 3. The van der Waals surface area contributed by atoms with Crippen molar-refractivity contribution in [1.82, 2.24) is 10.3 Å². The van der Waals surface area contributed by atoms with Gasteiger partial charge in [0.15, 0.2) is 0 Å². The third-order valence-corrected chi connectivity index (χ3v) is 2.58. The summed E-state index contributed by atoms with van der Waals surface area (Å²) in [7, 11) is 0. The lowest BCUT2D eigenvalue weighted by Gasteiger charge is -2.28. The number of hydrogen-bond donors (Lipinski definition) is 1. The minimum atomic E-state index is 0.120. The maximum atomic E-state index is 11.7. The normalized spacial score (nSPS) is 15.3. The Morgan fingerprint density at radius 1 is 1.29 bits per heavy atom. The Bertz CT molecular complexity index is 390. The third kappa shape index (κ3) is 3.27. The van der Waals surface area contributed by atoms with Crippen molar-refractivity contribution < 1.29 is 4.79 Å².